The Morgan fingerprint density at radius 2 is 1.93 bits per heavy atom. The molecule has 1 aliphatic rings. The Labute approximate surface area is 85.7 Å². The molecule has 2 nitrogen and oxygen atoms in total. The van der Waals surface area contributed by atoms with Gasteiger partial charge in [-0.25, -0.2) is 0 Å². The third kappa shape index (κ3) is 1.84. The number of aryl methyl sites for hydroxylation is 1. The van der Waals surface area contributed by atoms with E-state index < -0.39 is 0 Å². The van der Waals surface area contributed by atoms with Gasteiger partial charge in [0, 0.05) is 13.1 Å². The average Bonchev–Trinajstić information content (AvgIpc) is 2.39. The monoisotopic (exact) mass is 190 g/mol. The van der Waals surface area contributed by atoms with Gasteiger partial charge in [0.05, 0.1) is 11.4 Å². The van der Waals surface area contributed by atoms with Gasteiger partial charge < -0.3 is 10.6 Å². The topological polar surface area (TPSA) is 24.1 Å². The highest BCUT2D eigenvalue weighted by molar-refractivity contribution is 5.70. The van der Waals surface area contributed by atoms with Gasteiger partial charge in [0.2, 0.25) is 0 Å². The fourth-order valence-corrected chi connectivity index (χ4v) is 1.83. The number of benzene rings is 1. The standard InChI is InChI=1S/C12H18N2/c1-3-10-7-13-11-5-4-9(2)6-12(11)14-8-10/h4-6,10,13-14H,3,7-8H2,1-2H3. The van der Waals surface area contributed by atoms with E-state index in [9.17, 15) is 0 Å². The fourth-order valence-electron chi connectivity index (χ4n) is 1.83. The molecule has 2 N–H and O–H groups in total. The molecular weight excluding hydrogens is 172 g/mol. The summed E-state index contributed by atoms with van der Waals surface area (Å²) in [4.78, 5) is 0. The Hall–Kier alpha value is -1.18. The lowest BCUT2D eigenvalue weighted by molar-refractivity contribution is 0.570. The van der Waals surface area contributed by atoms with Crippen molar-refractivity contribution in [2.24, 2.45) is 5.92 Å². The number of hydrogen-bond acceptors (Lipinski definition) is 2. The summed E-state index contributed by atoms with van der Waals surface area (Å²) in [5, 5.41) is 7.00. The van der Waals surface area contributed by atoms with Crippen LogP contribution in [-0.2, 0) is 0 Å². The van der Waals surface area contributed by atoms with Crippen LogP contribution in [0.25, 0.3) is 0 Å². The highest BCUT2D eigenvalue weighted by Gasteiger charge is 2.12. The van der Waals surface area contributed by atoms with Crippen molar-refractivity contribution in [3.8, 4) is 0 Å². The van der Waals surface area contributed by atoms with Crippen molar-refractivity contribution < 1.29 is 0 Å². The Balaban J connectivity index is 2.21. The largest absolute Gasteiger partial charge is 0.383 e. The second kappa shape index (κ2) is 3.91. The lowest BCUT2D eigenvalue weighted by atomic mass is 10.1. The summed E-state index contributed by atoms with van der Waals surface area (Å²) < 4.78 is 0. The van der Waals surface area contributed by atoms with Crippen molar-refractivity contribution in [2.45, 2.75) is 20.3 Å². The highest BCUT2D eigenvalue weighted by Crippen LogP contribution is 2.26. The summed E-state index contributed by atoms with van der Waals surface area (Å²) in [7, 11) is 0. The molecule has 0 amide bonds. The van der Waals surface area contributed by atoms with E-state index in [0.29, 0.717) is 0 Å². The van der Waals surface area contributed by atoms with Gasteiger partial charge in [0.25, 0.3) is 0 Å². The lowest BCUT2D eigenvalue weighted by Crippen LogP contribution is -2.17. The Bertz CT molecular complexity index is 320. The zero-order chi connectivity index (χ0) is 9.97. The third-order valence-corrected chi connectivity index (χ3v) is 2.91. The van der Waals surface area contributed by atoms with E-state index in [1.54, 1.807) is 0 Å². The zero-order valence-corrected chi connectivity index (χ0v) is 8.93. The van der Waals surface area contributed by atoms with Crippen molar-refractivity contribution >= 4 is 11.4 Å². The molecule has 1 unspecified atom stereocenters. The first-order valence-electron chi connectivity index (χ1n) is 5.38. The molecule has 0 aromatic heterocycles. The molecule has 2 heteroatoms. The third-order valence-electron chi connectivity index (χ3n) is 2.91. The lowest BCUT2D eigenvalue weighted by Gasteiger charge is -2.10. The van der Waals surface area contributed by atoms with Crippen molar-refractivity contribution in [2.75, 3.05) is 23.7 Å². The van der Waals surface area contributed by atoms with Crippen molar-refractivity contribution in [3.63, 3.8) is 0 Å². The SMILES string of the molecule is CCC1CNc2ccc(C)cc2NC1. The van der Waals surface area contributed by atoms with E-state index in [-0.39, 0.29) is 0 Å². The van der Waals surface area contributed by atoms with E-state index in [2.05, 4.69) is 42.7 Å². The van der Waals surface area contributed by atoms with Crippen LogP contribution >= 0.6 is 0 Å². The quantitative estimate of drug-likeness (QED) is 0.711. The van der Waals surface area contributed by atoms with Gasteiger partial charge in [-0.15, -0.1) is 0 Å². The van der Waals surface area contributed by atoms with E-state index in [0.717, 1.165) is 19.0 Å². The zero-order valence-electron chi connectivity index (χ0n) is 8.93. The van der Waals surface area contributed by atoms with E-state index in [1.165, 1.54) is 23.4 Å². The Morgan fingerprint density at radius 3 is 2.64 bits per heavy atom. The number of anilines is 2. The van der Waals surface area contributed by atoms with Gasteiger partial charge >= 0.3 is 0 Å². The molecule has 0 spiro atoms. The van der Waals surface area contributed by atoms with Crippen molar-refractivity contribution in [3.05, 3.63) is 23.8 Å². The van der Waals surface area contributed by atoms with E-state index in [4.69, 9.17) is 0 Å². The summed E-state index contributed by atoms with van der Waals surface area (Å²) in [5.74, 6) is 0.739. The number of rotatable bonds is 1. The van der Waals surface area contributed by atoms with Crippen LogP contribution in [0.3, 0.4) is 0 Å². The van der Waals surface area contributed by atoms with Crippen LogP contribution in [0.15, 0.2) is 18.2 Å². The first-order chi connectivity index (χ1) is 6.79. The van der Waals surface area contributed by atoms with Gasteiger partial charge in [0.15, 0.2) is 0 Å². The van der Waals surface area contributed by atoms with Crippen molar-refractivity contribution in [1.82, 2.24) is 0 Å². The van der Waals surface area contributed by atoms with Crippen LogP contribution in [0.4, 0.5) is 11.4 Å². The van der Waals surface area contributed by atoms with Crippen LogP contribution in [0.2, 0.25) is 0 Å². The molecule has 14 heavy (non-hydrogen) atoms. The molecule has 1 heterocycles. The predicted molar refractivity (Wildman–Crippen MR) is 61.9 cm³/mol. The van der Waals surface area contributed by atoms with Gasteiger partial charge in [0.1, 0.15) is 0 Å². The van der Waals surface area contributed by atoms with Gasteiger partial charge in [-0.2, -0.15) is 0 Å². The van der Waals surface area contributed by atoms with Crippen molar-refractivity contribution in [1.29, 1.82) is 0 Å². The molecule has 76 valence electrons. The maximum atomic E-state index is 3.50. The number of nitrogens with one attached hydrogen (secondary N) is 2. The average molecular weight is 190 g/mol. The molecule has 1 aromatic rings. The van der Waals surface area contributed by atoms with Crippen LogP contribution in [0.5, 0.6) is 0 Å². The second-order valence-electron chi connectivity index (χ2n) is 4.09. The van der Waals surface area contributed by atoms with E-state index >= 15 is 0 Å². The maximum Gasteiger partial charge on any atom is 0.0578 e. The minimum atomic E-state index is 0.739. The summed E-state index contributed by atoms with van der Waals surface area (Å²) in [6.07, 6.45) is 1.23. The normalized spacial score (nSPS) is 20.3. The Morgan fingerprint density at radius 1 is 1.21 bits per heavy atom. The number of hydrogen-bond donors (Lipinski definition) is 2. The number of fused-ring (bicyclic) bond motifs is 1. The van der Waals surface area contributed by atoms with Crippen LogP contribution < -0.4 is 10.6 Å². The molecule has 0 aliphatic carbocycles. The van der Waals surface area contributed by atoms with Gasteiger partial charge in [-0.3, -0.25) is 0 Å². The molecule has 2 rings (SSSR count). The maximum absolute atomic E-state index is 3.50. The summed E-state index contributed by atoms with van der Waals surface area (Å²) in [5.41, 5.74) is 3.81. The first-order valence-corrected chi connectivity index (χ1v) is 5.38. The molecule has 1 aromatic carbocycles. The van der Waals surface area contributed by atoms with Crippen LogP contribution in [-0.4, -0.2) is 13.1 Å². The molecule has 0 fully saturated rings. The highest BCUT2D eigenvalue weighted by atomic mass is 15.0. The molecule has 0 bridgehead atoms. The summed E-state index contributed by atoms with van der Waals surface area (Å²) >= 11 is 0. The van der Waals surface area contributed by atoms with Crippen LogP contribution in [0.1, 0.15) is 18.9 Å². The summed E-state index contributed by atoms with van der Waals surface area (Å²) in [6, 6.07) is 6.52. The first kappa shape index (κ1) is 9.38. The molecular formula is C12H18N2. The minimum Gasteiger partial charge on any atom is -0.383 e. The Kier molecular flexibility index (Phi) is 2.62. The molecule has 0 saturated heterocycles. The predicted octanol–water partition coefficient (Wildman–Crippen LogP) is 2.86. The molecule has 1 aliphatic heterocycles. The smallest absolute Gasteiger partial charge is 0.0578 e. The minimum absolute atomic E-state index is 0.739. The van der Waals surface area contributed by atoms with Gasteiger partial charge in [-0.1, -0.05) is 13.0 Å². The summed E-state index contributed by atoms with van der Waals surface area (Å²) in [6.45, 7) is 6.54. The van der Waals surface area contributed by atoms with Crippen LogP contribution in [0, 0.1) is 12.8 Å². The molecule has 0 radical (unpaired) electrons. The molecule has 0 saturated carbocycles. The fraction of sp³-hybridized carbons (Fsp3) is 0.500. The van der Waals surface area contributed by atoms with E-state index in [1.807, 2.05) is 0 Å². The molecule has 1 atom stereocenters. The second-order valence-corrected chi connectivity index (χ2v) is 4.09. The van der Waals surface area contributed by atoms with Gasteiger partial charge in [-0.05, 0) is 37.0 Å².